The molecule has 0 radical (unpaired) electrons. The number of ether oxygens (including phenoxy) is 1. The summed E-state index contributed by atoms with van der Waals surface area (Å²) < 4.78 is 29.5. The molecular weight excluding hydrogens is 243 g/mol. The van der Waals surface area contributed by atoms with Crippen LogP contribution in [0.5, 0.6) is 5.75 Å². The Morgan fingerprint density at radius 3 is 2.56 bits per heavy atom. The van der Waals surface area contributed by atoms with Crippen molar-refractivity contribution in [2.75, 3.05) is 20.7 Å². The Labute approximate surface area is 105 Å². The first-order valence-electron chi connectivity index (χ1n) is 5.43. The summed E-state index contributed by atoms with van der Waals surface area (Å²) in [4.78, 5) is 1.41. The molecular formula is C11H16BF2NO3. The fourth-order valence-corrected chi connectivity index (χ4v) is 1.69. The van der Waals surface area contributed by atoms with Crippen molar-refractivity contribution in [1.29, 1.82) is 0 Å². The third-order valence-electron chi connectivity index (χ3n) is 2.52. The van der Waals surface area contributed by atoms with Crippen LogP contribution in [0.4, 0.5) is 8.78 Å². The van der Waals surface area contributed by atoms with Gasteiger partial charge in [0.15, 0.2) is 0 Å². The molecule has 7 heteroatoms. The van der Waals surface area contributed by atoms with E-state index in [0.717, 1.165) is 0 Å². The molecule has 1 rings (SSSR count). The minimum absolute atomic E-state index is 0.189. The Hall–Kier alpha value is -1.18. The number of alkyl halides is 2. The maximum atomic E-state index is 12.2. The zero-order chi connectivity index (χ0) is 13.7. The molecule has 0 spiro atoms. The fourth-order valence-electron chi connectivity index (χ4n) is 1.69. The molecule has 0 bridgehead atoms. The molecule has 4 nitrogen and oxygen atoms in total. The molecule has 100 valence electrons. The van der Waals surface area contributed by atoms with Crippen LogP contribution in [0.2, 0.25) is 0 Å². The highest BCUT2D eigenvalue weighted by Crippen LogP contribution is 2.13. The molecule has 0 amide bonds. The van der Waals surface area contributed by atoms with E-state index in [4.69, 9.17) is 4.74 Å². The lowest BCUT2D eigenvalue weighted by Crippen LogP contribution is -2.36. The van der Waals surface area contributed by atoms with E-state index in [2.05, 4.69) is 0 Å². The van der Waals surface area contributed by atoms with Crippen LogP contribution in [0.3, 0.4) is 0 Å². The highest BCUT2D eigenvalue weighted by atomic mass is 19.3. The van der Waals surface area contributed by atoms with Crippen LogP contribution < -0.4 is 10.2 Å². The number of methoxy groups -OCH3 is 1. The molecule has 0 unspecified atom stereocenters. The number of nitrogens with zero attached hydrogens (tertiary/aromatic N) is 1. The lowest BCUT2D eigenvalue weighted by molar-refractivity contribution is 0.0976. The van der Waals surface area contributed by atoms with Crippen molar-refractivity contribution in [3.8, 4) is 5.75 Å². The van der Waals surface area contributed by atoms with Crippen molar-refractivity contribution in [3.63, 3.8) is 0 Å². The molecule has 0 heterocycles. The molecule has 0 aliphatic carbocycles. The summed E-state index contributed by atoms with van der Waals surface area (Å²) in [5.74, 6) is 0.542. The average Bonchev–Trinajstić information content (AvgIpc) is 2.27. The van der Waals surface area contributed by atoms with Gasteiger partial charge in [-0.1, -0.05) is 6.07 Å². The lowest BCUT2D eigenvalue weighted by Gasteiger charge is -2.19. The van der Waals surface area contributed by atoms with Crippen LogP contribution in [0.15, 0.2) is 18.2 Å². The van der Waals surface area contributed by atoms with Gasteiger partial charge in [-0.2, -0.15) is 0 Å². The molecule has 0 saturated carbocycles. The van der Waals surface area contributed by atoms with Crippen molar-refractivity contribution in [2.45, 2.75) is 13.0 Å². The summed E-state index contributed by atoms with van der Waals surface area (Å²) in [5, 5.41) is 18.4. The van der Waals surface area contributed by atoms with E-state index in [9.17, 15) is 18.8 Å². The van der Waals surface area contributed by atoms with Gasteiger partial charge in [0.2, 0.25) is 0 Å². The van der Waals surface area contributed by atoms with Gasteiger partial charge in [0.1, 0.15) is 5.75 Å². The van der Waals surface area contributed by atoms with Crippen LogP contribution in [0.1, 0.15) is 5.56 Å². The van der Waals surface area contributed by atoms with Gasteiger partial charge in [-0.15, -0.1) is 0 Å². The second-order valence-electron chi connectivity index (χ2n) is 4.03. The van der Waals surface area contributed by atoms with E-state index in [-0.39, 0.29) is 18.6 Å². The topological polar surface area (TPSA) is 52.9 Å². The second kappa shape index (κ2) is 6.68. The summed E-state index contributed by atoms with van der Waals surface area (Å²) in [6, 6.07) is 4.71. The van der Waals surface area contributed by atoms with Crippen molar-refractivity contribution in [2.24, 2.45) is 0 Å². The van der Waals surface area contributed by atoms with Crippen LogP contribution in [0.25, 0.3) is 0 Å². The average molecular weight is 259 g/mol. The predicted octanol–water partition coefficient (Wildman–Crippen LogP) is 0.0719. The van der Waals surface area contributed by atoms with E-state index in [0.29, 0.717) is 11.3 Å². The van der Waals surface area contributed by atoms with Crippen LogP contribution in [-0.4, -0.2) is 49.2 Å². The van der Waals surface area contributed by atoms with Gasteiger partial charge >= 0.3 is 7.12 Å². The Balaban J connectivity index is 2.90. The Bertz CT molecular complexity index is 391. The zero-order valence-corrected chi connectivity index (χ0v) is 10.3. The van der Waals surface area contributed by atoms with E-state index >= 15 is 0 Å². The second-order valence-corrected chi connectivity index (χ2v) is 4.03. The summed E-state index contributed by atoms with van der Waals surface area (Å²) in [7, 11) is 1.39. The summed E-state index contributed by atoms with van der Waals surface area (Å²) in [6.45, 7) is -0.188. The molecule has 0 aliphatic heterocycles. The van der Waals surface area contributed by atoms with Gasteiger partial charge in [0.25, 0.3) is 6.43 Å². The van der Waals surface area contributed by atoms with E-state index in [1.165, 1.54) is 18.1 Å². The smallest absolute Gasteiger partial charge is 0.488 e. The van der Waals surface area contributed by atoms with Crippen molar-refractivity contribution < 1.29 is 23.6 Å². The van der Waals surface area contributed by atoms with Gasteiger partial charge in [-0.05, 0) is 30.2 Å². The molecule has 0 atom stereocenters. The number of benzene rings is 1. The third kappa shape index (κ3) is 4.25. The minimum Gasteiger partial charge on any atom is -0.497 e. The van der Waals surface area contributed by atoms with Gasteiger partial charge < -0.3 is 14.8 Å². The highest BCUT2D eigenvalue weighted by Gasteiger charge is 2.18. The van der Waals surface area contributed by atoms with E-state index in [1.54, 1.807) is 19.2 Å². The molecule has 18 heavy (non-hydrogen) atoms. The maximum absolute atomic E-state index is 12.2. The number of hydrogen-bond donors (Lipinski definition) is 2. The van der Waals surface area contributed by atoms with E-state index < -0.39 is 13.5 Å². The van der Waals surface area contributed by atoms with Crippen LogP contribution in [0, 0.1) is 0 Å². The molecule has 1 aromatic carbocycles. The Morgan fingerprint density at radius 2 is 2.06 bits per heavy atom. The third-order valence-corrected chi connectivity index (χ3v) is 2.52. The number of halogens is 2. The van der Waals surface area contributed by atoms with Crippen LogP contribution in [-0.2, 0) is 6.54 Å². The molecule has 0 fully saturated rings. The normalized spacial score (nSPS) is 11.1. The first kappa shape index (κ1) is 14.9. The van der Waals surface area contributed by atoms with Gasteiger partial charge in [0.05, 0.1) is 13.7 Å². The largest absolute Gasteiger partial charge is 0.497 e. The molecule has 1 aromatic rings. The zero-order valence-electron chi connectivity index (χ0n) is 10.3. The molecule has 2 N–H and O–H groups in total. The Kier molecular flexibility index (Phi) is 5.52. The quantitative estimate of drug-likeness (QED) is 0.710. The SMILES string of the molecule is COc1ccc(B(O)O)c(CN(C)CC(F)F)c1. The van der Waals surface area contributed by atoms with E-state index in [1.807, 2.05) is 0 Å². The van der Waals surface area contributed by atoms with Gasteiger partial charge in [-0.3, -0.25) is 4.90 Å². The van der Waals surface area contributed by atoms with Gasteiger partial charge in [0, 0.05) is 6.54 Å². The summed E-state index contributed by atoms with van der Waals surface area (Å²) in [6.07, 6.45) is -2.43. The Morgan fingerprint density at radius 1 is 1.39 bits per heavy atom. The standard InChI is InChI=1S/C11H16BF2NO3/c1-15(7-11(13)14)6-8-5-9(18-2)3-4-10(8)12(16)17/h3-5,11,16-17H,6-7H2,1-2H3. The summed E-state index contributed by atoms with van der Waals surface area (Å²) >= 11 is 0. The minimum atomic E-state index is -2.43. The first-order valence-corrected chi connectivity index (χ1v) is 5.43. The maximum Gasteiger partial charge on any atom is 0.488 e. The molecule has 0 aliphatic rings. The monoisotopic (exact) mass is 259 g/mol. The lowest BCUT2D eigenvalue weighted by atomic mass is 9.77. The van der Waals surface area contributed by atoms with Crippen molar-refractivity contribution in [1.82, 2.24) is 4.90 Å². The predicted molar refractivity (Wildman–Crippen MR) is 65.2 cm³/mol. The number of hydrogen-bond acceptors (Lipinski definition) is 4. The molecule has 0 aromatic heterocycles. The van der Waals surface area contributed by atoms with Crippen molar-refractivity contribution >= 4 is 12.6 Å². The van der Waals surface area contributed by atoms with Gasteiger partial charge in [-0.25, -0.2) is 8.78 Å². The van der Waals surface area contributed by atoms with Crippen molar-refractivity contribution in [3.05, 3.63) is 23.8 Å². The first-order chi connectivity index (χ1) is 8.43. The fraction of sp³-hybridized carbons (Fsp3) is 0.455. The summed E-state index contributed by atoms with van der Waals surface area (Å²) in [5.41, 5.74) is 0.837. The molecule has 0 saturated heterocycles. The highest BCUT2D eigenvalue weighted by molar-refractivity contribution is 6.59. The van der Waals surface area contributed by atoms with Crippen LogP contribution >= 0.6 is 0 Å². The number of rotatable bonds is 6.